The van der Waals surface area contributed by atoms with Gasteiger partial charge in [0.2, 0.25) is 11.4 Å². The molecule has 3 heteroatoms. The highest BCUT2D eigenvalue weighted by molar-refractivity contribution is 6.08. The lowest BCUT2D eigenvalue weighted by atomic mass is 10.0. The lowest BCUT2D eigenvalue weighted by Gasteiger charge is -2.04. The third-order valence-electron chi connectivity index (χ3n) is 4.17. The largest absolute Gasteiger partial charge is 0.437 e. The molecule has 0 saturated carbocycles. The van der Waals surface area contributed by atoms with Crippen LogP contribution < -0.4 is 4.57 Å². The maximum atomic E-state index is 6.13. The van der Waals surface area contributed by atoms with E-state index in [2.05, 4.69) is 60.1 Å². The first-order chi connectivity index (χ1) is 10.6. The van der Waals surface area contributed by atoms with Crippen molar-refractivity contribution in [2.45, 2.75) is 13.8 Å². The van der Waals surface area contributed by atoms with Crippen LogP contribution in [0.25, 0.3) is 33.3 Å². The van der Waals surface area contributed by atoms with Crippen molar-refractivity contribution in [3.05, 3.63) is 59.9 Å². The summed E-state index contributed by atoms with van der Waals surface area (Å²) >= 11 is 0. The summed E-state index contributed by atoms with van der Waals surface area (Å²) in [5.74, 6) is 0. The summed E-state index contributed by atoms with van der Waals surface area (Å²) < 4.78 is 8.25. The van der Waals surface area contributed by atoms with Crippen molar-refractivity contribution < 1.29 is 8.98 Å². The van der Waals surface area contributed by atoms with E-state index in [1.165, 1.54) is 5.56 Å². The van der Waals surface area contributed by atoms with Crippen molar-refractivity contribution >= 4 is 22.1 Å². The maximum Gasteiger partial charge on any atom is 0.227 e. The minimum Gasteiger partial charge on any atom is -0.437 e. The number of aryl methyl sites for hydroxylation is 3. The van der Waals surface area contributed by atoms with Gasteiger partial charge >= 0.3 is 0 Å². The van der Waals surface area contributed by atoms with E-state index in [4.69, 9.17) is 4.42 Å². The Bertz CT molecular complexity index is 1010. The molecule has 0 amide bonds. The van der Waals surface area contributed by atoms with E-state index < -0.39 is 0 Å². The van der Waals surface area contributed by atoms with E-state index in [1.54, 1.807) is 0 Å². The van der Waals surface area contributed by atoms with Crippen molar-refractivity contribution in [1.29, 1.82) is 0 Å². The number of fused-ring (bicyclic) bond motifs is 3. The van der Waals surface area contributed by atoms with Crippen LogP contribution in [0.15, 0.2) is 53.1 Å². The molecular weight excluding hydrogens is 272 g/mol. The van der Waals surface area contributed by atoms with Gasteiger partial charge in [0.05, 0.1) is 5.56 Å². The number of hydrogen-bond donors (Lipinski definition) is 0. The first-order valence-electron chi connectivity index (χ1n) is 7.39. The summed E-state index contributed by atoms with van der Waals surface area (Å²) in [5.41, 5.74) is 6.06. The Labute approximate surface area is 128 Å². The van der Waals surface area contributed by atoms with Crippen LogP contribution in [-0.4, -0.2) is 4.98 Å². The molecule has 108 valence electrons. The van der Waals surface area contributed by atoms with Gasteiger partial charge in [0.25, 0.3) is 0 Å². The van der Waals surface area contributed by atoms with Gasteiger partial charge < -0.3 is 4.42 Å². The van der Waals surface area contributed by atoms with Crippen LogP contribution in [-0.2, 0) is 7.05 Å². The third-order valence-corrected chi connectivity index (χ3v) is 4.17. The molecule has 0 saturated heterocycles. The van der Waals surface area contributed by atoms with Crippen molar-refractivity contribution in [3.63, 3.8) is 0 Å². The molecule has 0 N–H and O–H groups in total. The Morgan fingerprint density at radius 2 is 1.77 bits per heavy atom. The van der Waals surface area contributed by atoms with Gasteiger partial charge in [0, 0.05) is 28.6 Å². The normalized spacial score (nSPS) is 11.4. The molecule has 0 bridgehead atoms. The third kappa shape index (κ3) is 1.82. The van der Waals surface area contributed by atoms with Gasteiger partial charge in [-0.05, 0) is 37.6 Å². The van der Waals surface area contributed by atoms with E-state index in [-0.39, 0.29) is 0 Å². The highest BCUT2D eigenvalue weighted by atomic mass is 16.3. The number of nitrogens with zero attached hydrogens (tertiary/aromatic N) is 2. The standard InChI is InChI=1S/C19H17N2O/c1-12-7-9-14-15-10-8-13(2)20-19(15)22-18(14)17(12)16-6-4-5-11-21(16)3/h4-11H,1-3H3/q+1. The zero-order valence-corrected chi connectivity index (χ0v) is 12.9. The molecule has 4 aromatic rings. The number of hydrogen-bond acceptors (Lipinski definition) is 2. The summed E-state index contributed by atoms with van der Waals surface area (Å²) in [7, 11) is 2.05. The molecule has 0 aliphatic heterocycles. The van der Waals surface area contributed by atoms with E-state index in [1.807, 2.05) is 19.1 Å². The van der Waals surface area contributed by atoms with Gasteiger partial charge in [-0.15, -0.1) is 0 Å². The molecule has 4 rings (SSSR count). The number of aromatic nitrogens is 2. The number of furan rings is 1. The number of pyridine rings is 2. The summed E-state index contributed by atoms with van der Waals surface area (Å²) in [6.45, 7) is 4.10. The van der Waals surface area contributed by atoms with Gasteiger partial charge in [0.15, 0.2) is 11.8 Å². The Balaban J connectivity index is 2.16. The smallest absolute Gasteiger partial charge is 0.227 e. The second-order valence-corrected chi connectivity index (χ2v) is 5.74. The van der Waals surface area contributed by atoms with Crippen molar-refractivity contribution in [2.24, 2.45) is 7.05 Å². The van der Waals surface area contributed by atoms with Crippen LogP contribution in [0.1, 0.15) is 11.3 Å². The summed E-state index contributed by atoms with van der Waals surface area (Å²) in [6, 6.07) is 14.6. The van der Waals surface area contributed by atoms with E-state index in [0.717, 1.165) is 33.3 Å². The molecule has 3 nitrogen and oxygen atoms in total. The number of rotatable bonds is 1. The molecule has 0 radical (unpaired) electrons. The lowest BCUT2D eigenvalue weighted by Crippen LogP contribution is -2.30. The topological polar surface area (TPSA) is 29.9 Å². The molecule has 0 aliphatic carbocycles. The quantitative estimate of drug-likeness (QED) is 0.494. The molecule has 3 heterocycles. The van der Waals surface area contributed by atoms with Crippen LogP contribution in [0.3, 0.4) is 0 Å². The monoisotopic (exact) mass is 289 g/mol. The molecule has 22 heavy (non-hydrogen) atoms. The Kier molecular flexibility index (Phi) is 2.76. The second kappa shape index (κ2) is 4.67. The Morgan fingerprint density at radius 3 is 2.59 bits per heavy atom. The van der Waals surface area contributed by atoms with E-state index >= 15 is 0 Å². The predicted octanol–water partition coefficient (Wildman–Crippen LogP) is 4.09. The maximum absolute atomic E-state index is 6.13. The first-order valence-corrected chi connectivity index (χ1v) is 7.39. The van der Waals surface area contributed by atoms with Gasteiger partial charge in [0.1, 0.15) is 7.05 Å². The molecule has 0 fully saturated rings. The summed E-state index contributed by atoms with van der Waals surface area (Å²) in [5, 5.41) is 2.19. The van der Waals surface area contributed by atoms with Crippen LogP contribution in [0, 0.1) is 13.8 Å². The Morgan fingerprint density at radius 1 is 0.955 bits per heavy atom. The molecule has 0 aliphatic rings. The van der Waals surface area contributed by atoms with Gasteiger partial charge in [-0.25, -0.2) is 9.55 Å². The highest BCUT2D eigenvalue weighted by Crippen LogP contribution is 2.36. The summed E-state index contributed by atoms with van der Waals surface area (Å²) in [6.07, 6.45) is 2.05. The highest BCUT2D eigenvalue weighted by Gasteiger charge is 2.20. The lowest BCUT2D eigenvalue weighted by molar-refractivity contribution is -0.660. The summed E-state index contributed by atoms with van der Waals surface area (Å²) in [4.78, 5) is 4.53. The van der Waals surface area contributed by atoms with Crippen LogP contribution in [0.2, 0.25) is 0 Å². The van der Waals surface area contributed by atoms with Crippen LogP contribution in [0.5, 0.6) is 0 Å². The second-order valence-electron chi connectivity index (χ2n) is 5.74. The Hall–Kier alpha value is -2.68. The van der Waals surface area contributed by atoms with Gasteiger partial charge in [-0.1, -0.05) is 12.1 Å². The number of benzene rings is 1. The minimum absolute atomic E-state index is 0.709. The minimum atomic E-state index is 0.709. The van der Waals surface area contributed by atoms with Gasteiger partial charge in [-0.2, -0.15) is 0 Å². The first kappa shape index (κ1) is 13.0. The molecule has 1 aromatic carbocycles. The fourth-order valence-electron chi connectivity index (χ4n) is 3.01. The molecule has 3 aromatic heterocycles. The van der Waals surface area contributed by atoms with Crippen molar-refractivity contribution in [2.75, 3.05) is 0 Å². The molecular formula is C19H17N2O+. The predicted molar refractivity (Wildman–Crippen MR) is 87.6 cm³/mol. The van der Waals surface area contributed by atoms with E-state index in [9.17, 15) is 0 Å². The average Bonchev–Trinajstić information content (AvgIpc) is 2.85. The fraction of sp³-hybridized carbons (Fsp3) is 0.158. The molecule has 0 atom stereocenters. The van der Waals surface area contributed by atoms with Crippen LogP contribution >= 0.6 is 0 Å². The van der Waals surface area contributed by atoms with Crippen molar-refractivity contribution in [3.8, 4) is 11.3 Å². The SMILES string of the molecule is Cc1ccc2c(n1)oc1c(-c3cccc[n+]3C)c(C)ccc12. The van der Waals surface area contributed by atoms with Gasteiger partial charge in [-0.3, -0.25) is 0 Å². The van der Waals surface area contributed by atoms with Crippen molar-refractivity contribution in [1.82, 2.24) is 4.98 Å². The zero-order chi connectivity index (χ0) is 15.3. The average molecular weight is 289 g/mol. The van der Waals surface area contributed by atoms with Crippen LogP contribution in [0.4, 0.5) is 0 Å². The van der Waals surface area contributed by atoms with E-state index in [0.29, 0.717) is 5.71 Å². The molecule has 0 unspecified atom stereocenters. The fourth-order valence-corrected chi connectivity index (χ4v) is 3.01. The molecule has 0 spiro atoms. The zero-order valence-electron chi connectivity index (χ0n) is 12.9.